The summed E-state index contributed by atoms with van der Waals surface area (Å²) in [6, 6.07) is 14.8. The van der Waals surface area contributed by atoms with E-state index in [4.69, 9.17) is 0 Å². The molecular formula is C19H20N2O2. The van der Waals surface area contributed by atoms with Crippen LogP contribution in [0.1, 0.15) is 27.9 Å². The van der Waals surface area contributed by atoms with E-state index in [9.17, 15) is 9.59 Å². The van der Waals surface area contributed by atoms with Gasteiger partial charge in [-0.05, 0) is 44.0 Å². The second kappa shape index (κ2) is 6.24. The Morgan fingerprint density at radius 3 is 2.48 bits per heavy atom. The summed E-state index contributed by atoms with van der Waals surface area (Å²) < 4.78 is 0. The van der Waals surface area contributed by atoms with Gasteiger partial charge in [-0.25, -0.2) is 0 Å². The Labute approximate surface area is 136 Å². The van der Waals surface area contributed by atoms with Crippen LogP contribution in [0.25, 0.3) is 0 Å². The maximum atomic E-state index is 12.6. The number of benzene rings is 2. The van der Waals surface area contributed by atoms with Crippen molar-refractivity contribution in [1.29, 1.82) is 0 Å². The van der Waals surface area contributed by atoms with E-state index in [1.165, 1.54) is 0 Å². The number of hydrogen-bond donors (Lipinski definition) is 1. The van der Waals surface area contributed by atoms with E-state index in [-0.39, 0.29) is 11.8 Å². The second-order valence-corrected chi connectivity index (χ2v) is 5.96. The van der Waals surface area contributed by atoms with Crippen molar-refractivity contribution in [2.24, 2.45) is 0 Å². The van der Waals surface area contributed by atoms with Crippen molar-refractivity contribution in [1.82, 2.24) is 5.32 Å². The van der Waals surface area contributed by atoms with Crippen molar-refractivity contribution < 1.29 is 9.59 Å². The van der Waals surface area contributed by atoms with Crippen LogP contribution in [-0.2, 0) is 4.79 Å². The van der Waals surface area contributed by atoms with Crippen molar-refractivity contribution in [3.8, 4) is 0 Å². The van der Waals surface area contributed by atoms with Crippen molar-refractivity contribution in [2.45, 2.75) is 26.3 Å². The molecule has 4 heteroatoms. The van der Waals surface area contributed by atoms with Crippen molar-refractivity contribution in [3.05, 3.63) is 65.2 Å². The molecule has 1 saturated heterocycles. The minimum Gasteiger partial charge on any atom is -0.340 e. The van der Waals surface area contributed by atoms with Crippen LogP contribution in [0.15, 0.2) is 48.5 Å². The highest BCUT2D eigenvalue weighted by Crippen LogP contribution is 2.22. The summed E-state index contributed by atoms with van der Waals surface area (Å²) in [6.45, 7) is 4.53. The van der Waals surface area contributed by atoms with E-state index in [0.717, 1.165) is 16.8 Å². The molecule has 2 aromatic rings. The molecule has 0 bridgehead atoms. The Morgan fingerprint density at radius 1 is 1.09 bits per heavy atom. The molecule has 2 aromatic carbocycles. The van der Waals surface area contributed by atoms with Crippen molar-refractivity contribution in [2.75, 3.05) is 11.4 Å². The predicted octanol–water partition coefficient (Wildman–Crippen LogP) is 2.84. The zero-order valence-corrected chi connectivity index (χ0v) is 13.4. The van der Waals surface area contributed by atoms with Gasteiger partial charge >= 0.3 is 0 Å². The molecule has 1 N–H and O–H groups in total. The minimum absolute atomic E-state index is 0.0456. The van der Waals surface area contributed by atoms with E-state index in [1.54, 1.807) is 11.0 Å². The van der Waals surface area contributed by atoms with Gasteiger partial charge in [0.05, 0.1) is 0 Å². The molecule has 1 aliphatic heterocycles. The number of carbonyl (C=O) groups is 2. The van der Waals surface area contributed by atoms with Gasteiger partial charge in [0.2, 0.25) is 5.91 Å². The van der Waals surface area contributed by atoms with Crippen molar-refractivity contribution in [3.63, 3.8) is 0 Å². The number of anilines is 1. The van der Waals surface area contributed by atoms with E-state index >= 15 is 0 Å². The van der Waals surface area contributed by atoms with Gasteiger partial charge in [-0.2, -0.15) is 0 Å². The molecule has 0 saturated carbocycles. The summed E-state index contributed by atoms with van der Waals surface area (Å²) >= 11 is 0. The zero-order chi connectivity index (χ0) is 16.4. The summed E-state index contributed by atoms with van der Waals surface area (Å²) in [4.78, 5) is 26.7. The Bertz CT molecular complexity index is 737. The first-order valence-corrected chi connectivity index (χ1v) is 7.81. The number of carbonyl (C=O) groups excluding carboxylic acids is 2. The molecular weight excluding hydrogens is 288 g/mol. The number of rotatable bonds is 3. The van der Waals surface area contributed by atoms with Gasteiger partial charge in [0.25, 0.3) is 5.91 Å². The average molecular weight is 308 g/mol. The Balaban J connectivity index is 1.71. The van der Waals surface area contributed by atoms with Gasteiger partial charge in [-0.3, -0.25) is 9.59 Å². The fourth-order valence-electron chi connectivity index (χ4n) is 2.86. The highest BCUT2D eigenvalue weighted by atomic mass is 16.2. The fraction of sp³-hybridized carbons (Fsp3) is 0.263. The molecule has 0 unspecified atom stereocenters. The molecule has 1 fully saturated rings. The highest BCUT2D eigenvalue weighted by Gasteiger charge is 2.33. The van der Waals surface area contributed by atoms with E-state index < -0.39 is 6.04 Å². The van der Waals surface area contributed by atoms with E-state index in [1.807, 2.05) is 56.3 Å². The molecule has 0 spiro atoms. The Hall–Kier alpha value is -2.62. The van der Waals surface area contributed by atoms with Crippen LogP contribution in [0.5, 0.6) is 0 Å². The number of amides is 2. The van der Waals surface area contributed by atoms with Gasteiger partial charge in [-0.15, -0.1) is 0 Å². The van der Waals surface area contributed by atoms with Gasteiger partial charge in [-0.1, -0.05) is 35.9 Å². The van der Waals surface area contributed by atoms with Crippen LogP contribution >= 0.6 is 0 Å². The highest BCUT2D eigenvalue weighted by molar-refractivity contribution is 6.04. The lowest BCUT2D eigenvalue weighted by Crippen LogP contribution is -2.41. The first-order valence-electron chi connectivity index (χ1n) is 7.81. The summed E-state index contributed by atoms with van der Waals surface area (Å²) in [5, 5.41) is 2.87. The van der Waals surface area contributed by atoms with Crippen LogP contribution < -0.4 is 10.2 Å². The molecule has 0 aromatic heterocycles. The fourth-order valence-corrected chi connectivity index (χ4v) is 2.86. The summed E-state index contributed by atoms with van der Waals surface area (Å²) in [7, 11) is 0. The number of nitrogens with zero attached hydrogens (tertiary/aromatic N) is 1. The summed E-state index contributed by atoms with van der Waals surface area (Å²) in [5.41, 5.74) is 3.57. The van der Waals surface area contributed by atoms with Gasteiger partial charge in [0, 0.05) is 17.8 Å². The average Bonchev–Trinajstić information content (AvgIpc) is 2.89. The molecule has 3 rings (SSSR count). The lowest BCUT2D eigenvalue weighted by Gasteiger charge is -2.17. The normalized spacial score (nSPS) is 17.4. The van der Waals surface area contributed by atoms with Crippen molar-refractivity contribution >= 4 is 17.5 Å². The third kappa shape index (κ3) is 3.11. The first kappa shape index (κ1) is 15.3. The van der Waals surface area contributed by atoms with E-state index in [2.05, 4.69) is 5.32 Å². The number of hydrogen-bond acceptors (Lipinski definition) is 2. The summed E-state index contributed by atoms with van der Waals surface area (Å²) in [5.74, 6) is -0.233. The topological polar surface area (TPSA) is 49.4 Å². The van der Waals surface area contributed by atoms with Gasteiger partial charge in [0.15, 0.2) is 0 Å². The van der Waals surface area contributed by atoms with Crippen LogP contribution in [0.4, 0.5) is 5.69 Å². The van der Waals surface area contributed by atoms with Gasteiger partial charge in [0.1, 0.15) is 6.04 Å². The molecule has 0 aliphatic carbocycles. The summed E-state index contributed by atoms with van der Waals surface area (Å²) in [6.07, 6.45) is 0.629. The molecule has 2 amide bonds. The van der Waals surface area contributed by atoms with Crippen LogP contribution in [0, 0.1) is 13.8 Å². The molecule has 1 heterocycles. The SMILES string of the molecule is Cc1ccc(N2CC[C@@H](NC(=O)c3ccccc3C)C2=O)cc1. The molecule has 4 nitrogen and oxygen atoms in total. The predicted molar refractivity (Wildman–Crippen MR) is 90.6 cm³/mol. The lowest BCUT2D eigenvalue weighted by atomic mass is 10.1. The third-order valence-corrected chi connectivity index (χ3v) is 4.25. The molecule has 1 atom stereocenters. The van der Waals surface area contributed by atoms with Crippen LogP contribution in [0.2, 0.25) is 0 Å². The smallest absolute Gasteiger partial charge is 0.252 e. The molecule has 118 valence electrons. The number of nitrogens with one attached hydrogen (secondary N) is 1. The standard InChI is InChI=1S/C19H20N2O2/c1-13-7-9-15(10-8-13)21-12-11-17(19(21)23)20-18(22)16-6-4-3-5-14(16)2/h3-10,17H,11-12H2,1-2H3,(H,20,22)/t17-/m1/s1. The molecule has 0 radical (unpaired) electrons. The first-order chi connectivity index (χ1) is 11.1. The monoisotopic (exact) mass is 308 g/mol. The molecule has 23 heavy (non-hydrogen) atoms. The Kier molecular flexibility index (Phi) is 4.15. The maximum Gasteiger partial charge on any atom is 0.252 e. The minimum atomic E-state index is -0.455. The quantitative estimate of drug-likeness (QED) is 0.948. The maximum absolute atomic E-state index is 12.6. The lowest BCUT2D eigenvalue weighted by molar-refractivity contribution is -0.118. The second-order valence-electron chi connectivity index (χ2n) is 5.96. The number of aryl methyl sites for hydroxylation is 2. The van der Waals surface area contributed by atoms with Crippen LogP contribution in [0.3, 0.4) is 0 Å². The largest absolute Gasteiger partial charge is 0.340 e. The van der Waals surface area contributed by atoms with E-state index in [0.29, 0.717) is 18.5 Å². The third-order valence-electron chi connectivity index (χ3n) is 4.25. The Morgan fingerprint density at radius 2 is 1.78 bits per heavy atom. The molecule has 1 aliphatic rings. The zero-order valence-electron chi connectivity index (χ0n) is 13.4. The van der Waals surface area contributed by atoms with Crippen LogP contribution in [-0.4, -0.2) is 24.4 Å². The van der Waals surface area contributed by atoms with Gasteiger partial charge < -0.3 is 10.2 Å².